The van der Waals surface area contributed by atoms with Crippen molar-refractivity contribution < 1.29 is 38.6 Å². The number of aromatic amines is 1. The quantitative estimate of drug-likeness (QED) is 0.0199. The Morgan fingerprint density at radius 2 is 1.23 bits per heavy atom. The summed E-state index contributed by atoms with van der Waals surface area (Å²) in [6.45, 7) is -0.0899. The van der Waals surface area contributed by atoms with E-state index in [4.69, 9.17) is 14.4 Å². The maximum absolute atomic E-state index is 14.0. The lowest BCUT2D eigenvalue weighted by molar-refractivity contribution is 0.101. The highest BCUT2D eigenvalue weighted by molar-refractivity contribution is 6.20. The summed E-state index contributed by atoms with van der Waals surface area (Å²) in [6, 6.07) is 55.8. The summed E-state index contributed by atoms with van der Waals surface area (Å²) in [5.41, 5.74) is 9.87. The van der Waals surface area contributed by atoms with Crippen molar-refractivity contribution in [1.29, 1.82) is 0 Å². The van der Waals surface area contributed by atoms with E-state index in [9.17, 15) is 24.2 Å². The van der Waals surface area contributed by atoms with Gasteiger partial charge in [-0.2, -0.15) is 10.2 Å². The van der Waals surface area contributed by atoms with Crippen molar-refractivity contribution in [3.8, 4) is 17.2 Å². The third kappa shape index (κ3) is 11.1. The minimum atomic E-state index is -0.547. The monoisotopic (exact) mass is 1050 g/mol. The molecular formula is C61H45FN10O7. The lowest BCUT2D eigenvalue weighted by atomic mass is 10.0. The first-order chi connectivity index (χ1) is 38.6. The number of H-pyrrole nitrogens is 1. The van der Waals surface area contributed by atoms with Crippen LogP contribution >= 0.6 is 0 Å². The highest BCUT2D eigenvalue weighted by Gasteiger charge is 2.19. The number of anilines is 5. The Morgan fingerprint density at radius 3 is 1.96 bits per heavy atom. The fourth-order valence-electron chi connectivity index (χ4n) is 8.77. The van der Waals surface area contributed by atoms with Crippen LogP contribution in [0.25, 0.3) is 43.4 Å². The van der Waals surface area contributed by atoms with Crippen molar-refractivity contribution in [3.63, 3.8) is 0 Å². The van der Waals surface area contributed by atoms with E-state index in [1.54, 1.807) is 98.1 Å². The van der Waals surface area contributed by atoms with Gasteiger partial charge in [-0.15, -0.1) is 10.2 Å². The zero-order valence-corrected chi connectivity index (χ0v) is 41.8. The van der Waals surface area contributed by atoms with E-state index in [0.29, 0.717) is 55.8 Å². The highest BCUT2D eigenvalue weighted by atomic mass is 19.1. The number of aromatic nitrogens is 1. The maximum Gasteiger partial charge on any atom is 0.255 e. The first-order valence-electron chi connectivity index (χ1n) is 24.6. The number of carbonyl (C=O) groups excluding carboxylic acids is 2. The number of hydrogen-bond acceptors (Lipinski definition) is 14. The molecule has 1 heterocycles. The molecule has 0 bridgehead atoms. The van der Waals surface area contributed by atoms with Crippen molar-refractivity contribution in [2.24, 2.45) is 25.6 Å². The van der Waals surface area contributed by atoms with Gasteiger partial charge in [0, 0.05) is 60.8 Å². The predicted molar refractivity (Wildman–Crippen MR) is 305 cm³/mol. The number of hydrogen-bond donors (Lipinski definition) is 7. The van der Waals surface area contributed by atoms with E-state index in [0.717, 1.165) is 45.0 Å². The number of ether oxygens (including phenoxy) is 1. The van der Waals surface area contributed by atoms with Crippen molar-refractivity contribution in [2.75, 3.05) is 28.5 Å². The van der Waals surface area contributed by atoms with Gasteiger partial charge < -0.3 is 45.6 Å². The number of halogens is 1. The van der Waals surface area contributed by atoms with Crippen LogP contribution in [0.2, 0.25) is 0 Å². The Balaban J connectivity index is 0.739. The molecule has 0 fully saturated rings. The second-order valence-electron chi connectivity index (χ2n) is 17.9. The summed E-state index contributed by atoms with van der Waals surface area (Å²) in [4.78, 5) is 40.3. The number of phenols is 2. The minimum absolute atomic E-state index is 0.0646. The van der Waals surface area contributed by atoms with Gasteiger partial charge in [0.1, 0.15) is 35.3 Å². The molecule has 18 heteroatoms. The summed E-state index contributed by atoms with van der Waals surface area (Å²) in [6.07, 6.45) is 1.11. The Hall–Kier alpha value is -11.1. The number of benzene rings is 10. The fourth-order valence-corrected chi connectivity index (χ4v) is 8.77. The summed E-state index contributed by atoms with van der Waals surface area (Å²) in [5.74, 6) is -0.922. The van der Waals surface area contributed by atoms with Crippen LogP contribution in [0.3, 0.4) is 0 Å². The molecule has 17 nitrogen and oxygen atoms in total. The van der Waals surface area contributed by atoms with Crippen LogP contribution in [0.1, 0.15) is 26.3 Å². The van der Waals surface area contributed by atoms with Gasteiger partial charge in [0.25, 0.3) is 11.8 Å². The fraction of sp³-hybridized carbons (Fsp3) is 0.0328. The van der Waals surface area contributed by atoms with Gasteiger partial charge in [-0.3, -0.25) is 9.59 Å². The van der Waals surface area contributed by atoms with Crippen LogP contribution in [0, 0.1) is 5.82 Å². The summed E-state index contributed by atoms with van der Waals surface area (Å²) >= 11 is 0. The molecule has 0 aliphatic heterocycles. The van der Waals surface area contributed by atoms with Gasteiger partial charge >= 0.3 is 0 Å². The average Bonchev–Trinajstić information content (AvgIpc) is 4.03. The normalized spacial score (nSPS) is 11.5. The molecule has 388 valence electrons. The number of carbonyl (C=O) groups is 2. The standard InChI is InChI=1S/C61H45FN10O7/c1-77-47-27-25-46(26-28-47)72-79-35-63-78-34-40-33-38-12-30-50-49-6-2-4-8-52(49)66-57(50)55(38)58(59(40)74)71-69-45-23-19-42(20-24-45)64-41-17-21-44(22-18-41)68-70-56-48-29-13-39(32-37(48)14-31-54(56)73)61(76)65-43-15-10-36(11-16-43)60(75)67-53-9-5-3-7-51(53)62/h2-33,35,64,66,72-74H,34H2,1H3,(H,65,76)(H,67,75). The number of azo groups is 2. The second-order valence-corrected chi connectivity index (χ2v) is 17.9. The zero-order chi connectivity index (χ0) is 54.2. The Morgan fingerprint density at radius 1 is 0.595 bits per heavy atom. The molecule has 0 unspecified atom stereocenters. The largest absolute Gasteiger partial charge is 0.506 e. The lowest BCUT2D eigenvalue weighted by Gasteiger charge is -2.11. The molecule has 0 aliphatic carbocycles. The maximum atomic E-state index is 14.0. The summed E-state index contributed by atoms with van der Waals surface area (Å²) in [5, 5.41) is 57.9. The van der Waals surface area contributed by atoms with Crippen molar-refractivity contribution in [1.82, 2.24) is 4.98 Å². The smallest absolute Gasteiger partial charge is 0.255 e. The highest BCUT2D eigenvalue weighted by Crippen LogP contribution is 2.44. The van der Waals surface area contributed by atoms with Crippen LogP contribution in [0.5, 0.6) is 17.2 Å². The number of amides is 2. The molecule has 0 radical (unpaired) electrons. The van der Waals surface area contributed by atoms with Crippen LogP contribution in [0.4, 0.5) is 55.6 Å². The molecule has 11 aromatic rings. The molecule has 7 N–H and O–H groups in total. The number of rotatable bonds is 17. The molecule has 0 aliphatic rings. The first kappa shape index (κ1) is 50.0. The van der Waals surface area contributed by atoms with Crippen LogP contribution < -0.4 is 26.2 Å². The van der Waals surface area contributed by atoms with E-state index in [2.05, 4.69) is 52.0 Å². The number of phenolic OH excluding ortho intramolecular Hbond substituents is 2. The Bertz CT molecular complexity index is 4170. The topological polar surface area (TPSA) is 228 Å². The van der Waals surface area contributed by atoms with Crippen molar-refractivity contribution in [2.45, 2.75) is 6.61 Å². The predicted octanol–water partition coefficient (Wildman–Crippen LogP) is 15.8. The number of methoxy groups -OCH3 is 1. The Kier molecular flexibility index (Phi) is 14.2. The molecule has 10 aromatic carbocycles. The summed E-state index contributed by atoms with van der Waals surface area (Å²) < 4.78 is 19.2. The first-order valence-corrected chi connectivity index (χ1v) is 24.6. The summed E-state index contributed by atoms with van der Waals surface area (Å²) in [7, 11) is 1.59. The molecule has 0 saturated heterocycles. The zero-order valence-electron chi connectivity index (χ0n) is 41.8. The molecule has 11 rings (SSSR count). The van der Waals surface area contributed by atoms with Crippen molar-refractivity contribution in [3.05, 3.63) is 217 Å². The van der Waals surface area contributed by atoms with E-state index in [1.807, 2.05) is 66.7 Å². The molecule has 79 heavy (non-hydrogen) atoms. The van der Waals surface area contributed by atoms with E-state index < -0.39 is 17.6 Å². The Labute approximate surface area is 449 Å². The van der Waals surface area contributed by atoms with Crippen LogP contribution in [0.15, 0.2) is 220 Å². The molecule has 2 amide bonds. The van der Waals surface area contributed by atoms with Gasteiger partial charge in [-0.25, -0.2) is 9.87 Å². The number of para-hydroxylation sites is 2. The number of nitrogens with one attached hydrogen (secondary N) is 5. The minimum Gasteiger partial charge on any atom is -0.506 e. The molecule has 1 aromatic heterocycles. The van der Waals surface area contributed by atoms with E-state index in [-0.39, 0.29) is 40.7 Å². The second kappa shape index (κ2) is 22.4. The van der Waals surface area contributed by atoms with E-state index in [1.165, 1.54) is 36.4 Å². The molecular weight excluding hydrogens is 1000 g/mol. The third-order valence-corrected chi connectivity index (χ3v) is 12.8. The lowest BCUT2D eigenvalue weighted by Crippen LogP contribution is -2.14. The third-order valence-electron chi connectivity index (χ3n) is 12.8. The van der Waals surface area contributed by atoms with Crippen LogP contribution in [-0.4, -0.2) is 40.5 Å². The number of oxime groups is 1. The molecule has 0 saturated carbocycles. The number of aromatic hydroxyl groups is 2. The van der Waals surface area contributed by atoms with Gasteiger partial charge in [-0.1, -0.05) is 59.8 Å². The van der Waals surface area contributed by atoms with Gasteiger partial charge in [0.2, 0.25) is 6.40 Å². The van der Waals surface area contributed by atoms with Gasteiger partial charge in [-0.05, 0) is 150 Å². The SMILES string of the molecule is COc1ccc(NOC=NOCc2cc3ccc4c5ccccc5[nH]c4c3c(N=Nc3ccc(Nc4ccc(N=Nc5c(O)ccc6cc(C(=O)Nc7ccc(C(=O)Nc8ccccc8F)cc7)ccc56)cc4)cc3)c2O)cc1. The van der Waals surface area contributed by atoms with E-state index >= 15 is 0 Å². The number of fused-ring (bicyclic) bond motifs is 6. The van der Waals surface area contributed by atoms with Gasteiger partial charge in [0.15, 0.2) is 5.75 Å². The van der Waals surface area contributed by atoms with Gasteiger partial charge in [0.05, 0.1) is 35.4 Å². The molecule has 0 atom stereocenters. The van der Waals surface area contributed by atoms with Crippen LogP contribution in [-0.2, 0) is 16.3 Å². The van der Waals surface area contributed by atoms with Crippen molar-refractivity contribution >= 4 is 113 Å². The molecule has 0 spiro atoms. The average molecular weight is 1050 g/mol. The number of nitrogens with zero attached hydrogens (tertiary/aromatic N) is 5.